The Labute approximate surface area is 537 Å². The fraction of sp³-hybridized carbons (Fsp3) is 0.237. The second kappa shape index (κ2) is 32.1. The molecule has 4 heterocycles. The Hall–Kier alpha value is -10.1. The molecule has 0 saturated heterocycles. The molecule has 0 radical (unpaired) electrons. The molecule has 0 fully saturated rings. The van der Waals surface area contributed by atoms with Gasteiger partial charge in [0.05, 0.1) is 115 Å². The summed E-state index contributed by atoms with van der Waals surface area (Å²) in [6.07, 6.45) is 0.703. The third-order valence-electron chi connectivity index (χ3n) is 15.1. The number of para-hydroxylation sites is 2. The van der Waals surface area contributed by atoms with E-state index in [-0.39, 0.29) is 51.1 Å². The molecule has 0 aliphatic heterocycles. The highest BCUT2D eigenvalue weighted by Crippen LogP contribution is 2.37. The van der Waals surface area contributed by atoms with Crippen molar-refractivity contribution in [2.75, 3.05) is 81.3 Å². The zero-order valence-electron chi connectivity index (χ0n) is 52.8. The molecule has 16 nitrogen and oxygen atoms in total. The predicted molar refractivity (Wildman–Crippen MR) is 357 cm³/mol. The number of ether oxygens (including phenoxy) is 10. The molecule has 0 unspecified atom stereocenters. The third kappa shape index (κ3) is 17.6. The fourth-order valence-corrected chi connectivity index (χ4v) is 10.5. The summed E-state index contributed by atoms with van der Waals surface area (Å²) in [5.74, 6) is 3.82. The smallest absolute Gasteiger partial charge is 0.161 e. The molecule has 4 aromatic heterocycles. The van der Waals surface area contributed by atoms with Crippen LogP contribution in [0.5, 0.6) is 46.0 Å². The van der Waals surface area contributed by atoms with E-state index in [0.29, 0.717) is 61.9 Å². The van der Waals surface area contributed by atoms with Crippen molar-refractivity contribution in [1.29, 1.82) is 0 Å². The number of aromatic nitrogens is 4. The number of nitrogens with zero attached hydrogens (tertiary/aromatic N) is 4. The van der Waals surface area contributed by atoms with Crippen molar-refractivity contribution in [3.8, 4) is 113 Å². The van der Waals surface area contributed by atoms with E-state index in [1.807, 2.05) is 159 Å². The van der Waals surface area contributed by atoms with Crippen molar-refractivity contribution in [1.82, 2.24) is 19.9 Å². The summed E-state index contributed by atoms with van der Waals surface area (Å²) in [5, 5.41) is 22.5. The number of aryl methyl sites for hydroxylation is 2. The van der Waals surface area contributed by atoms with Gasteiger partial charge in [-0.15, -0.1) is 0 Å². The van der Waals surface area contributed by atoms with E-state index in [9.17, 15) is 10.2 Å². The van der Waals surface area contributed by atoms with Gasteiger partial charge in [0.2, 0.25) is 0 Å². The highest BCUT2D eigenvalue weighted by atomic mass is 16.6. The summed E-state index contributed by atoms with van der Waals surface area (Å²) in [6, 6.07) is 58.8. The lowest BCUT2D eigenvalue weighted by Crippen LogP contribution is -2.11. The summed E-state index contributed by atoms with van der Waals surface area (Å²) in [7, 11) is 6.61. The van der Waals surface area contributed by atoms with Crippen LogP contribution in [0, 0.1) is 13.8 Å². The van der Waals surface area contributed by atoms with E-state index < -0.39 is 0 Å². The second-order valence-electron chi connectivity index (χ2n) is 21.8. The van der Waals surface area contributed by atoms with Gasteiger partial charge in [-0.2, -0.15) is 0 Å². The minimum atomic E-state index is 0.0193. The molecule has 10 aromatic rings. The van der Waals surface area contributed by atoms with E-state index in [0.717, 1.165) is 119 Å². The Morgan fingerprint density at radius 1 is 0.348 bits per heavy atom. The van der Waals surface area contributed by atoms with Gasteiger partial charge in [-0.1, -0.05) is 84.9 Å². The first-order valence-electron chi connectivity index (χ1n) is 30.3. The van der Waals surface area contributed by atoms with Gasteiger partial charge in [0.15, 0.2) is 23.0 Å². The molecule has 0 aliphatic rings. The van der Waals surface area contributed by atoms with Crippen LogP contribution < -0.4 is 28.4 Å². The third-order valence-corrected chi connectivity index (χ3v) is 15.1. The molecule has 0 aliphatic carbocycles. The average Bonchev–Trinajstić information content (AvgIpc) is 0.936. The lowest BCUT2D eigenvalue weighted by Gasteiger charge is -2.14. The molecule has 2 N–H and O–H groups in total. The van der Waals surface area contributed by atoms with E-state index in [1.165, 1.54) is 0 Å². The Morgan fingerprint density at radius 3 is 0.989 bits per heavy atom. The maximum absolute atomic E-state index is 11.3. The zero-order chi connectivity index (χ0) is 64.2. The number of hydrogen-bond acceptors (Lipinski definition) is 16. The maximum Gasteiger partial charge on any atom is 0.161 e. The monoisotopic (exact) mass is 1240 g/mol. The molecule has 0 atom stereocenters. The first-order valence-corrected chi connectivity index (χ1v) is 30.3. The first-order chi connectivity index (χ1) is 44.9. The normalized spacial score (nSPS) is 11.1. The molecule has 16 heteroatoms. The Morgan fingerprint density at radius 2 is 0.652 bits per heavy atom. The second-order valence-corrected chi connectivity index (χ2v) is 21.8. The van der Waals surface area contributed by atoms with Crippen LogP contribution in [-0.4, -0.2) is 111 Å². The van der Waals surface area contributed by atoms with Crippen molar-refractivity contribution in [2.45, 2.75) is 39.9 Å². The first kappa shape index (κ1) is 64.9. The Balaban J connectivity index is 0.654. The molecule has 0 saturated carbocycles. The standard InChI is InChI=1S/C76H76N4O12/c1-50(38-57-10-8-12-73(75(57)81)91-36-34-87-30-32-89-48-63-42-61(55-18-26-67(85-6)27-19-55)46-71(79-63)69-44-59(40-51(2)77-69)53-14-22-65(83-4)23-15-53)39-58-11-9-13-74(76(58)82)92-37-35-88-31-33-90-49-64-43-62(56-20-28-68(86-7)29-21-56)47-72(80-64)70-45-60(41-52(3)78-70)54-16-24-66(84-5)25-17-54/h8-29,40-47,81-82H,1,30-39,48-49H2,2-7H3. The van der Waals surface area contributed by atoms with Crippen molar-refractivity contribution in [3.05, 3.63) is 228 Å². The quantitative estimate of drug-likeness (QED) is 0.0299. The van der Waals surface area contributed by atoms with Crippen LogP contribution in [0.1, 0.15) is 33.9 Å². The SMILES string of the molecule is C=C(Cc1cccc(OCCOCCOCc2cc(-c3ccc(OC)cc3)cc(-c3cc(-c4ccc(OC)cc4)cc(C)n3)n2)c1O)Cc1cccc(OCCOCCOCc2cc(-c3ccc(OC)cc3)cc(-c3cc(-c4ccc(OC)cc4)cc(C)n3)n2)c1O. The molecule has 10 rings (SSSR count). The summed E-state index contributed by atoms with van der Waals surface area (Å²) in [6.45, 7) is 11.0. The molecular formula is C76H76N4O12. The van der Waals surface area contributed by atoms with Crippen LogP contribution in [-0.2, 0) is 45.0 Å². The summed E-state index contributed by atoms with van der Waals surface area (Å²) < 4.78 is 57.5. The number of allylic oxidation sites excluding steroid dienone is 1. The van der Waals surface area contributed by atoms with Gasteiger partial charge in [-0.25, -0.2) is 9.97 Å². The number of rotatable bonds is 32. The number of methoxy groups -OCH3 is 4. The number of phenolic OH excluding ortho intramolecular Hbond substituents is 2. The lowest BCUT2D eigenvalue weighted by atomic mass is 9.98. The van der Waals surface area contributed by atoms with Gasteiger partial charge in [0, 0.05) is 22.5 Å². The van der Waals surface area contributed by atoms with Gasteiger partial charge in [0.25, 0.3) is 0 Å². The minimum Gasteiger partial charge on any atom is -0.504 e. The van der Waals surface area contributed by atoms with Gasteiger partial charge >= 0.3 is 0 Å². The van der Waals surface area contributed by atoms with Gasteiger partial charge in [0.1, 0.15) is 36.2 Å². The number of aromatic hydroxyl groups is 2. The summed E-state index contributed by atoms with van der Waals surface area (Å²) in [5.41, 5.74) is 16.3. The van der Waals surface area contributed by atoms with Gasteiger partial charge in [-0.3, -0.25) is 9.97 Å². The van der Waals surface area contributed by atoms with Crippen LogP contribution in [0.4, 0.5) is 0 Å². The Kier molecular flexibility index (Phi) is 22.6. The van der Waals surface area contributed by atoms with E-state index >= 15 is 0 Å². The van der Waals surface area contributed by atoms with E-state index in [4.69, 9.17) is 67.3 Å². The zero-order valence-corrected chi connectivity index (χ0v) is 52.8. The highest BCUT2D eigenvalue weighted by Gasteiger charge is 2.17. The van der Waals surface area contributed by atoms with Gasteiger partial charge < -0.3 is 57.6 Å². The minimum absolute atomic E-state index is 0.0193. The largest absolute Gasteiger partial charge is 0.504 e. The van der Waals surface area contributed by atoms with Crippen LogP contribution in [0.25, 0.3) is 67.3 Å². The summed E-state index contributed by atoms with van der Waals surface area (Å²) >= 11 is 0. The fourth-order valence-electron chi connectivity index (χ4n) is 10.5. The van der Waals surface area contributed by atoms with Gasteiger partial charge in [-0.05, 0) is 180 Å². The van der Waals surface area contributed by atoms with Crippen LogP contribution >= 0.6 is 0 Å². The Bertz CT molecular complexity index is 3810. The highest BCUT2D eigenvalue weighted by molar-refractivity contribution is 5.76. The van der Waals surface area contributed by atoms with Crippen LogP contribution in [0.3, 0.4) is 0 Å². The topological polar surface area (TPSA) is 184 Å². The van der Waals surface area contributed by atoms with Crippen LogP contribution in [0.2, 0.25) is 0 Å². The molecule has 92 heavy (non-hydrogen) atoms. The molecule has 6 aromatic carbocycles. The molecule has 0 amide bonds. The van der Waals surface area contributed by atoms with E-state index in [2.05, 4.69) is 30.8 Å². The molecule has 0 bridgehead atoms. The number of phenols is 2. The predicted octanol–water partition coefficient (Wildman–Crippen LogP) is 14.9. The lowest BCUT2D eigenvalue weighted by molar-refractivity contribution is 0.0292. The van der Waals surface area contributed by atoms with Crippen molar-refractivity contribution < 1.29 is 57.6 Å². The van der Waals surface area contributed by atoms with Crippen molar-refractivity contribution >= 4 is 0 Å². The molecule has 0 spiro atoms. The van der Waals surface area contributed by atoms with Crippen molar-refractivity contribution in [3.63, 3.8) is 0 Å². The number of pyridine rings is 4. The number of hydrogen-bond donors (Lipinski definition) is 2. The molecular weight excluding hydrogens is 1160 g/mol. The average molecular weight is 1240 g/mol. The number of benzene rings is 6. The molecule has 472 valence electrons. The summed E-state index contributed by atoms with van der Waals surface area (Å²) in [4.78, 5) is 19.8. The van der Waals surface area contributed by atoms with Crippen molar-refractivity contribution in [2.24, 2.45) is 0 Å². The maximum atomic E-state index is 11.3. The van der Waals surface area contributed by atoms with Crippen LogP contribution in [0.15, 0.2) is 194 Å². The van der Waals surface area contributed by atoms with E-state index in [1.54, 1.807) is 40.6 Å².